The van der Waals surface area contributed by atoms with Gasteiger partial charge in [0.2, 0.25) is 0 Å². The Balaban J connectivity index is 1.69. The lowest BCUT2D eigenvalue weighted by Crippen LogP contribution is -2.34. The second kappa shape index (κ2) is 6.04. The highest BCUT2D eigenvalue weighted by Gasteiger charge is 2.29. The van der Waals surface area contributed by atoms with Crippen molar-refractivity contribution in [1.29, 1.82) is 0 Å². The van der Waals surface area contributed by atoms with Gasteiger partial charge in [-0.2, -0.15) is 0 Å². The molecule has 0 bridgehead atoms. The number of nitrogens with one attached hydrogen (secondary N) is 1. The van der Waals surface area contributed by atoms with Crippen molar-refractivity contribution < 1.29 is 4.79 Å². The number of amides is 1. The fraction of sp³-hybridized carbons (Fsp3) is 0.526. The molecule has 0 saturated heterocycles. The van der Waals surface area contributed by atoms with Crippen molar-refractivity contribution >= 4 is 16.8 Å². The maximum Gasteiger partial charge on any atom is 0.261 e. The lowest BCUT2D eigenvalue weighted by atomic mass is 10.1. The van der Waals surface area contributed by atoms with E-state index in [1.807, 2.05) is 4.57 Å². The Morgan fingerprint density at radius 3 is 2.92 bits per heavy atom. The predicted octanol–water partition coefficient (Wildman–Crippen LogP) is 2.65. The number of nitrogens with zero attached hydrogens (tertiary/aromatic N) is 2. The second-order valence-electron chi connectivity index (χ2n) is 7.13. The summed E-state index contributed by atoms with van der Waals surface area (Å²) in [5, 5.41) is 3.66. The smallest absolute Gasteiger partial charge is 0.261 e. The summed E-state index contributed by atoms with van der Waals surface area (Å²) >= 11 is 0. The van der Waals surface area contributed by atoms with Crippen LogP contribution in [0.15, 0.2) is 23.0 Å². The van der Waals surface area contributed by atoms with E-state index >= 15 is 0 Å². The highest BCUT2D eigenvalue weighted by atomic mass is 16.1. The molecule has 4 rings (SSSR count). The molecule has 0 spiro atoms. The molecule has 2 heterocycles. The van der Waals surface area contributed by atoms with Gasteiger partial charge in [-0.05, 0) is 56.7 Å². The quantitative estimate of drug-likeness (QED) is 0.943. The molecule has 1 aromatic carbocycles. The van der Waals surface area contributed by atoms with Crippen LogP contribution in [-0.4, -0.2) is 21.5 Å². The summed E-state index contributed by atoms with van der Waals surface area (Å²) in [4.78, 5) is 29.8. The van der Waals surface area contributed by atoms with Crippen molar-refractivity contribution in [2.24, 2.45) is 5.92 Å². The van der Waals surface area contributed by atoms with E-state index in [-0.39, 0.29) is 17.5 Å². The molecular weight excluding hydrogens is 302 g/mol. The zero-order valence-corrected chi connectivity index (χ0v) is 14.0. The molecule has 1 aromatic heterocycles. The molecule has 1 N–H and O–H groups in total. The number of carbonyl (C=O) groups excluding carboxylic acids is 1. The minimum absolute atomic E-state index is 0.0233. The van der Waals surface area contributed by atoms with Gasteiger partial charge in [-0.25, -0.2) is 4.98 Å². The average molecular weight is 325 g/mol. The minimum atomic E-state index is -0.0758. The Morgan fingerprint density at radius 2 is 2.12 bits per heavy atom. The lowest BCUT2D eigenvalue weighted by Gasteiger charge is -2.14. The van der Waals surface area contributed by atoms with Crippen LogP contribution in [0, 0.1) is 5.92 Å². The van der Waals surface area contributed by atoms with Crippen LogP contribution in [-0.2, 0) is 13.0 Å². The molecule has 24 heavy (non-hydrogen) atoms. The number of fused-ring (bicyclic) bond motifs is 2. The molecule has 1 fully saturated rings. The number of hydrogen-bond acceptors (Lipinski definition) is 3. The van der Waals surface area contributed by atoms with Gasteiger partial charge in [-0.1, -0.05) is 6.42 Å². The van der Waals surface area contributed by atoms with E-state index in [0.29, 0.717) is 22.4 Å². The molecule has 2 aromatic rings. The van der Waals surface area contributed by atoms with E-state index in [1.54, 1.807) is 18.2 Å². The van der Waals surface area contributed by atoms with Crippen LogP contribution in [0.25, 0.3) is 10.9 Å². The number of aryl methyl sites for hydroxylation is 1. The third kappa shape index (κ3) is 2.83. The number of benzene rings is 1. The zero-order chi connectivity index (χ0) is 16.7. The van der Waals surface area contributed by atoms with Crippen LogP contribution < -0.4 is 10.9 Å². The van der Waals surface area contributed by atoms with Gasteiger partial charge in [0, 0.05) is 24.6 Å². The van der Waals surface area contributed by atoms with Crippen molar-refractivity contribution in [2.75, 3.05) is 0 Å². The van der Waals surface area contributed by atoms with Gasteiger partial charge in [-0.3, -0.25) is 14.2 Å². The first-order chi connectivity index (χ1) is 11.6. The molecular formula is C19H23N3O2. The van der Waals surface area contributed by atoms with E-state index in [0.717, 1.165) is 38.1 Å². The Hall–Kier alpha value is -2.17. The van der Waals surface area contributed by atoms with Gasteiger partial charge in [0.15, 0.2) is 0 Å². The number of aromatic nitrogens is 2. The molecule has 2 aliphatic rings. The number of carbonyl (C=O) groups is 1. The van der Waals surface area contributed by atoms with E-state index < -0.39 is 0 Å². The maximum absolute atomic E-state index is 12.7. The van der Waals surface area contributed by atoms with E-state index in [4.69, 9.17) is 0 Å². The monoisotopic (exact) mass is 325 g/mol. The van der Waals surface area contributed by atoms with Crippen LogP contribution in [0.4, 0.5) is 0 Å². The first-order valence-electron chi connectivity index (χ1n) is 8.98. The number of rotatable bonds is 3. The standard InChI is InChI=1S/C19H23N3O2/c1-12(13-6-7-13)20-18(23)14-8-9-15-16(11-14)21-17-5-3-2-4-10-22(17)19(15)24/h8-9,11-13H,2-7,10H2,1H3,(H,20,23)/t12-/m1/s1. The Bertz CT molecular complexity index is 852. The van der Waals surface area contributed by atoms with Gasteiger partial charge in [-0.15, -0.1) is 0 Å². The van der Waals surface area contributed by atoms with Gasteiger partial charge in [0.25, 0.3) is 11.5 Å². The van der Waals surface area contributed by atoms with Gasteiger partial charge in [0.1, 0.15) is 5.82 Å². The van der Waals surface area contributed by atoms with Crippen LogP contribution in [0.5, 0.6) is 0 Å². The second-order valence-corrected chi connectivity index (χ2v) is 7.13. The topological polar surface area (TPSA) is 64.0 Å². The van der Waals surface area contributed by atoms with E-state index in [1.165, 1.54) is 12.8 Å². The molecule has 0 radical (unpaired) electrons. The fourth-order valence-corrected chi connectivity index (χ4v) is 3.56. The molecule has 1 amide bonds. The highest BCUT2D eigenvalue weighted by molar-refractivity contribution is 5.97. The van der Waals surface area contributed by atoms with Crippen LogP contribution in [0.2, 0.25) is 0 Å². The predicted molar refractivity (Wildman–Crippen MR) is 93.2 cm³/mol. The van der Waals surface area contributed by atoms with Gasteiger partial charge >= 0.3 is 0 Å². The average Bonchev–Trinajstić information content (AvgIpc) is 3.41. The Labute approximate surface area is 141 Å². The molecule has 1 aliphatic heterocycles. The summed E-state index contributed by atoms with van der Waals surface area (Å²) in [6.07, 6.45) is 6.45. The van der Waals surface area contributed by atoms with Crippen molar-refractivity contribution in [3.8, 4) is 0 Å². The summed E-state index contributed by atoms with van der Waals surface area (Å²) < 4.78 is 1.81. The minimum Gasteiger partial charge on any atom is -0.349 e. The first kappa shape index (κ1) is 15.4. The largest absolute Gasteiger partial charge is 0.349 e. The lowest BCUT2D eigenvalue weighted by molar-refractivity contribution is 0.0936. The van der Waals surface area contributed by atoms with Crippen molar-refractivity contribution in [3.63, 3.8) is 0 Å². The normalized spacial score (nSPS) is 18.7. The first-order valence-corrected chi connectivity index (χ1v) is 8.98. The SMILES string of the molecule is C[C@@H](NC(=O)c1ccc2c(=O)n3c(nc2c1)CCCCC3)C1CC1. The van der Waals surface area contributed by atoms with E-state index in [2.05, 4.69) is 17.2 Å². The van der Waals surface area contributed by atoms with Crippen molar-refractivity contribution in [3.05, 3.63) is 39.9 Å². The fourth-order valence-electron chi connectivity index (χ4n) is 3.56. The van der Waals surface area contributed by atoms with Crippen molar-refractivity contribution in [1.82, 2.24) is 14.9 Å². The zero-order valence-electron chi connectivity index (χ0n) is 14.0. The molecule has 5 nitrogen and oxygen atoms in total. The molecule has 1 saturated carbocycles. The summed E-state index contributed by atoms with van der Waals surface area (Å²) in [5.41, 5.74) is 1.25. The molecule has 126 valence electrons. The maximum atomic E-state index is 12.7. The van der Waals surface area contributed by atoms with Crippen LogP contribution in [0.1, 0.15) is 55.2 Å². The van der Waals surface area contributed by atoms with Crippen LogP contribution in [0.3, 0.4) is 0 Å². The molecule has 0 unspecified atom stereocenters. The van der Waals surface area contributed by atoms with Gasteiger partial charge in [0.05, 0.1) is 10.9 Å². The van der Waals surface area contributed by atoms with Gasteiger partial charge < -0.3 is 5.32 Å². The third-order valence-corrected chi connectivity index (χ3v) is 5.27. The van der Waals surface area contributed by atoms with Crippen LogP contribution >= 0.6 is 0 Å². The molecule has 1 atom stereocenters. The summed E-state index contributed by atoms with van der Waals surface area (Å²) in [6, 6.07) is 5.46. The Morgan fingerprint density at radius 1 is 1.29 bits per heavy atom. The molecule has 1 aliphatic carbocycles. The highest BCUT2D eigenvalue weighted by Crippen LogP contribution is 2.32. The van der Waals surface area contributed by atoms with E-state index in [9.17, 15) is 9.59 Å². The number of hydrogen-bond donors (Lipinski definition) is 1. The molecule has 5 heteroatoms. The van der Waals surface area contributed by atoms with Crippen molar-refractivity contribution in [2.45, 2.75) is 58.0 Å². The summed E-state index contributed by atoms with van der Waals surface area (Å²) in [6.45, 7) is 2.80. The third-order valence-electron chi connectivity index (χ3n) is 5.27. The summed E-state index contributed by atoms with van der Waals surface area (Å²) in [7, 11) is 0. The summed E-state index contributed by atoms with van der Waals surface area (Å²) in [5.74, 6) is 1.40. The Kier molecular flexibility index (Phi) is 3.87.